The molecule has 1 atom stereocenters. The number of anilines is 1. The molecule has 0 spiro atoms. The van der Waals surface area contributed by atoms with Gasteiger partial charge in [0, 0.05) is 23.7 Å². The van der Waals surface area contributed by atoms with Gasteiger partial charge in [-0.25, -0.2) is 0 Å². The van der Waals surface area contributed by atoms with Gasteiger partial charge in [-0.05, 0) is 38.0 Å². The maximum Gasteiger partial charge on any atom is 0.244 e. The lowest BCUT2D eigenvalue weighted by Crippen LogP contribution is -2.42. The molecule has 0 bridgehead atoms. The zero-order valence-corrected chi connectivity index (χ0v) is 13.1. The molecule has 0 saturated heterocycles. The Morgan fingerprint density at radius 3 is 2.60 bits per heavy atom. The van der Waals surface area contributed by atoms with E-state index in [1.54, 1.807) is 23.1 Å². The number of hydrogen-bond donors (Lipinski definition) is 1. The van der Waals surface area contributed by atoms with E-state index in [-0.39, 0.29) is 24.4 Å². The summed E-state index contributed by atoms with van der Waals surface area (Å²) in [6.45, 7) is 7.29. The number of carbonyl (C=O) groups excluding carboxylic acids is 2. The molecule has 0 aliphatic rings. The zero-order valence-electron chi connectivity index (χ0n) is 12.4. The van der Waals surface area contributed by atoms with Gasteiger partial charge >= 0.3 is 0 Å². The van der Waals surface area contributed by atoms with Crippen LogP contribution in [0.4, 0.5) is 5.69 Å². The molecule has 1 aromatic rings. The molecule has 4 nitrogen and oxygen atoms in total. The molecule has 0 saturated carbocycles. The number of amides is 2. The van der Waals surface area contributed by atoms with E-state index in [2.05, 4.69) is 5.32 Å². The average Bonchev–Trinajstić information content (AvgIpc) is 2.40. The number of carbonyl (C=O) groups is 2. The summed E-state index contributed by atoms with van der Waals surface area (Å²) in [6.07, 6.45) is 0.809. The molecule has 0 radical (unpaired) electrons. The molecular weight excluding hydrogens is 276 g/mol. The number of rotatable bonds is 5. The van der Waals surface area contributed by atoms with Gasteiger partial charge in [0.25, 0.3) is 0 Å². The second kappa shape index (κ2) is 7.29. The lowest BCUT2D eigenvalue weighted by Gasteiger charge is -2.26. The Balaban J connectivity index is 2.76. The third kappa shape index (κ3) is 4.23. The summed E-state index contributed by atoms with van der Waals surface area (Å²) in [5.74, 6) is -0.316. The van der Waals surface area contributed by atoms with Crippen LogP contribution >= 0.6 is 11.6 Å². The van der Waals surface area contributed by atoms with E-state index in [1.807, 2.05) is 20.8 Å². The Labute approximate surface area is 125 Å². The molecule has 0 heterocycles. The van der Waals surface area contributed by atoms with Crippen molar-refractivity contribution in [1.29, 1.82) is 0 Å². The predicted octanol–water partition coefficient (Wildman–Crippen LogP) is 3.23. The van der Waals surface area contributed by atoms with Crippen molar-refractivity contribution in [3.63, 3.8) is 0 Å². The number of nitrogens with zero attached hydrogens (tertiary/aromatic N) is 1. The Hall–Kier alpha value is -1.55. The molecule has 1 N–H and O–H groups in total. The van der Waals surface area contributed by atoms with Crippen LogP contribution in [0.25, 0.3) is 0 Å². The summed E-state index contributed by atoms with van der Waals surface area (Å²) in [4.78, 5) is 25.2. The largest absolute Gasteiger partial charge is 0.331 e. The molecule has 0 aliphatic carbocycles. The van der Waals surface area contributed by atoms with Gasteiger partial charge in [-0.1, -0.05) is 24.6 Å². The molecular formula is C15H21ClN2O2. The fourth-order valence-corrected chi connectivity index (χ4v) is 2.06. The van der Waals surface area contributed by atoms with Crippen molar-refractivity contribution in [2.45, 2.75) is 40.2 Å². The van der Waals surface area contributed by atoms with E-state index < -0.39 is 0 Å². The first-order valence-corrected chi connectivity index (χ1v) is 7.06. The SMILES string of the molecule is CCC(C)N(CC(=O)Nc1cccc(Cl)c1C)C(C)=O. The normalized spacial score (nSPS) is 11.8. The Kier molecular flexibility index (Phi) is 6.02. The van der Waals surface area contributed by atoms with Crippen molar-refractivity contribution < 1.29 is 9.59 Å². The summed E-state index contributed by atoms with van der Waals surface area (Å²) >= 11 is 6.01. The predicted molar refractivity (Wildman–Crippen MR) is 82.0 cm³/mol. The van der Waals surface area contributed by atoms with E-state index in [0.717, 1.165) is 12.0 Å². The maximum atomic E-state index is 12.1. The van der Waals surface area contributed by atoms with Gasteiger partial charge in [-0.2, -0.15) is 0 Å². The molecule has 1 aromatic carbocycles. The third-order valence-corrected chi connectivity index (χ3v) is 3.79. The minimum absolute atomic E-state index is 0.0405. The van der Waals surface area contributed by atoms with Crippen molar-refractivity contribution >= 4 is 29.1 Å². The van der Waals surface area contributed by atoms with Crippen molar-refractivity contribution in [1.82, 2.24) is 4.90 Å². The van der Waals surface area contributed by atoms with Gasteiger partial charge in [0.2, 0.25) is 11.8 Å². The van der Waals surface area contributed by atoms with Crippen LogP contribution in [0, 0.1) is 6.92 Å². The van der Waals surface area contributed by atoms with Gasteiger partial charge in [0.15, 0.2) is 0 Å². The molecule has 2 amide bonds. The molecule has 1 rings (SSSR count). The van der Waals surface area contributed by atoms with Crippen molar-refractivity contribution in [3.8, 4) is 0 Å². The van der Waals surface area contributed by atoms with E-state index in [9.17, 15) is 9.59 Å². The molecule has 110 valence electrons. The summed E-state index contributed by atoms with van der Waals surface area (Å²) in [7, 11) is 0. The monoisotopic (exact) mass is 296 g/mol. The van der Waals surface area contributed by atoms with E-state index in [1.165, 1.54) is 6.92 Å². The Bertz CT molecular complexity index is 503. The average molecular weight is 297 g/mol. The second-order valence-corrected chi connectivity index (χ2v) is 5.27. The zero-order chi connectivity index (χ0) is 15.3. The van der Waals surface area contributed by atoms with E-state index in [4.69, 9.17) is 11.6 Å². The molecule has 0 aromatic heterocycles. The maximum absolute atomic E-state index is 12.1. The van der Waals surface area contributed by atoms with Crippen LogP contribution in [0.1, 0.15) is 32.8 Å². The van der Waals surface area contributed by atoms with Crippen LogP contribution in [0.2, 0.25) is 5.02 Å². The molecule has 0 fully saturated rings. The fraction of sp³-hybridized carbons (Fsp3) is 0.467. The highest BCUT2D eigenvalue weighted by molar-refractivity contribution is 6.31. The molecule has 0 aliphatic heterocycles. The van der Waals surface area contributed by atoms with Gasteiger partial charge in [0.1, 0.15) is 6.54 Å². The summed E-state index contributed by atoms with van der Waals surface area (Å²) < 4.78 is 0. The number of hydrogen-bond acceptors (Lipinski definition) is 2. The minimum Gasteiger partial charge on any atom is -0.331 e. The van der Waals surface area contributed by atoms with Crippen LogP contribution in [0.5, 0.6) is 0 Å². The van der Waals surface area contributed by atoms with Crippen LogP contribution in [0.3, 0.4) is 0 Å². The Morgan fingerprint density at radius 2 is 2.05 bits per heavy atom. The second-order valence-electron chi connectivity index (χ2n) is 4.86. The Morgan fingerprint density at radius 1 is 1.40 bits per heavy atom. The van der Waals surface area contributed by atoms with Crippen molar-refractivity contribution in [3.05, 3.63) is 28.8 Å². The molecule has 20 heavy (non-hydrogen) atoms. The van der Waals surface area contributed by atoms with Crippen LogP contribution in [0.15, 0.2) is 18.2 Å². The number of benzene rings is 1. The van der Waals surface area contributed by atoms with Crippen molar-refractivity contribution in [2.24, 2.45) is 0 Å². The first-order chi connectivity index (χ1) is 9.36. The van der Waals surface area contributed by atoms with Gasteiger partial charge < -0.3 is 10.2 Å². The van der Waals surface area contributed by atoms with Gasteiger partial charge in [0.05, 0.1) is 0 Å². The first-order valence-electron chi connectivity index (χ1n) is 6.69. The van der Waals surface area contributed by atoms with E-state index in [0.29, 0.717) is 10.7 Å². The topological polar surface area (TPSA) is 49.4 Å². The highest BCUT2D eigenvalue weighted by Crippen LogP contribution is 2.22. The summed E-state index contributed by atoms with van der Waals surface area (Å²) in [5, 5.41) is 3.40. The fourth-order valence-electron chi connectivity index (χ4n) is 1.89. The number of nitrogens with one attached hydrogen (secondary N) is 1. The van der Waals surface area contributed by atoms with Crippen molar-refractivity contribution in [2.75, 3.05) is 11.9 Å². The highest BCUT2D eigenvalue weighted by atomic mass is 35.5. The lowest BCUT2D eigenvalue weighted by molar-refractivity contribution is -0.134. The van der Waals surface area contributed by atoms with Crippen LogP contribution in [-0.2, 0) is 9.59 Å². The summed E-state index contributed by atoms with van der Waals surface area (Å²) in [5.41, 5.74) is 1.50. The molecule has 5 heteroatoms. The standard InChI is InChI=1S/C15H21ClN2O2/c1-5-10(2)18(12(4)19)9-15(20)17-14-8-6-7-13(16)11(14)3/h6-8,10H,5,9H2,1-4H3,(H,17,20). The van der Waals surface area contributed by atoms with E-state index >= 15 is 0 Å². The summed E-state index contributed by atoms with van der Waals surface area (Å²) in [6, 6.07) is 5.38. The molecule has 1 unspecified atom stereocenters. The smallest absolute Gasteiger partial charge is 0.244 e. The van der Waals surface area contributed by atoms with Crippen LogP contribution < -0.4 is 5.32 Å². The van der Waals surface area contributed by atoms with Gasteiger partial charge in [-0.3, -0.25) is 9.59 Å². The first kappa shape index (κ1) is 16.5. The lowest BCUT2D eigenvalue weighted by atomic mass is 10.2. The minimum atomic E-state index is -0.217. The number of halogens is 1. The van der Waals surface area contributed by atoms with Crippen LogP contribution in [-0.4, -0.2) is 29.3 Å². The third-order valence-electron chi connectivity index (χ3n) is 3.38. The van der Waals surface area contributed by atoms with Gasteiger partial charge in [-0.15, -0.1) is 0 Å². The quantitative estimate of drug-likeness (QED) is 0.907. The highest BCUT2D eigenvalue weighted by Gasteiger charge is 2.19.